The van der Waals surface area contributed by atoms with Gasteiger partial charge in [0.25, 0.3) is 5.91 Å². The van der Waals surface area contributed by atoms with E-state index in [1.165, 1.54) is 17.2 Å². The van der Waals surface area contributed by atoms with Gasteiger partial charge in [0.15, 0.2) is 5.43 Å². The van der Waals surface area contributed by atoms with Crippen molar-refractivity contribution in [3.05, 3.63) is 33.7 Å². The number of β-amino-alcohol motifs (C(OH)–C–C–N with tert-alkyl or cyclic N) is 1. The molecule has 92 valence electrons. The molecule has 0 aliphatic carbocycles. The van der Waals surface area contributed by atoms with Gasteiger partial charge in [-0.05, 0) is 19.8 Å². The number of carbonyl (C=O) groups is 1. The van der Waals surface area contributed by atoms with E-state index in [2.05, 4.69) is 4.98 Å². The van der Waals surface area contributed by atoms with Crippen LogP contribution in [0.3, 0.4) is 0 Å². The van der Waals surface area contributed by atoms with E-state index >= 15 is 0 Å². The molecule has 0 bridgehead atoms. The molecule has 5 heteroatoms. The number of aromatic amines is 1. The van der Waals surface area contributed by atoms with Crippen LogP contribution in [0.5, 0.6) is 0 Å². The molecule has 17 heavy (non-hydrogen) atoms. The number of aromatic nitrogens is 1. The molecule has 0 saturated carbocycles. The van der Waals surface area contributed by atoms with Gasteiger partial charge in [0.05, 0.1) is 6.10 Å². The standard InChI is InChI=1S/C12H16N2O3/c1-8-5-11(16)10(6-13-8)12(17)14-4-2-3-9(15)7-14/h5-6,9,15H,2-4,7H2,1H3,(H,13,16). The van der Waals surface area contributed by atoms with E-state index in [-0.39, 0.29) is 16.9 Å². The van der Waals surface area contributed by atoms with Crippen LogP contribution in [0, 0.1) is 6.92 Å². The van der Waals surface area contributed by atoms with Crippen LogP contribution >= 0.6 is 0 Å². The molecular weight excluding hydrogens is 220 g/mol. The summed E-state index contributed by atoms with van der Waals surface area (Å²) in [5.74, 6) is -0.301. The number of rotatable bonds is 1. The Bertz CT molecular complexity index is 481. The first-order valence-corrected chi connectivity index (χ1v) is 5.74. The number of pyridine rings is 1. The molecule has 1 aromatic rings. The van der Waals surface area contributed by atoms with Crippen LogP contribution in [0.4, 0.5) is 0 Å². The molecule has 2 N–H and O–H groups in total. The summed E-state index contributed by atoms with van der Waals surface area (Å²) < 4.78 is 0. The molecule has 1 unspecified atom stereocenters. The average molecular weight is 236 g/mol. The number of nitrogens with one attached hydrogen (secondary N) is 1. The van der Waals surface area contributed by atoms with Gasteiger partial charge in [-0.1, -0.05) is 0 Å². The lowest BCUT2D eigenvalue weighted by Crippen LogP contribution is -2.43. The van der Waals surface area contributed by atoms with E-state index in [0.717, 1.165) is 12.1 Å². The molecule has 1 aliphatic heterocycles. The number of aliphatic hydroxyl groups excluding tert-OH is 1. The van der Waals surface area contributed by atoms with Crippen LogP contribution in [0.25, 0.3) is 0 Å². The summed E-state index contributed by atoms with van der Waals surface area (Å²) in [6, 6.07) is 1.41. The summed E-state index contributed by atoms with van der Waals surface area (Å²) in [5.41, 5.74) is 0.598. The number of H-pyrrole nitrogens is 1. The van der Waals surface area contributed by atoms with Crippen LogP contribution in [0.15, 0.2) is 17.1 Å². The largest absolute Gasteiger partial charge is 0.391 e. The van der Waals surface area contributed by atoms with Gasteiger partial charge in [-0.2, -0.15) is 0 Å². The van der Waals surface area contributed by atoms with Crippen LogP contribution in [0.1, 0.15) is 28.9 Å². The molecule has 1 amide bonds. The Morgan fingerprint density at radius 1 is 1.59 bits per heavy atom. The van der Waals surface area contributed by atoms with Crippen LogP contribution in [-0.2, 0) is 0 Å². The van der Waals surface area contributed by atoms with Gasteiger partial charge in [0.2, 0.25) is 0 Å². The highest BCUT2D eigenvalue weighted by Gasteiger charge is 2.24. The normalized spacial score (nSPS) is 20.4. The van der Waals surface area contributed by atoms with Crippen molar-refractivity contribution in [1.82, 2.24) is 9.88 Å². The third kappa shape index (κ3) is 2.55. The summed E-state index contributed by atoms with van der Waals surface area (Å²) in [6.45, 7) is 2.68. The lowest BCUT2D eigenvalue weighted by Gasteiger charge is -2.29. The number of aryl methyl sites for hydroxylation is 1. The first kappa shape index (κ1) is 11.9. The fraction of sp³-hybridized carbons (Fsp3) is 0.500. The van der Waals surface area contributed by atoms with E-state index in [0.29, 0.717) is 19.5 Å². The van der Waals surface area contributed by atoms with Gasteiger partial charge in [-0.3, -0.25) is 9.59 Å². The van der Waals surface area contributed by atoms with Crippen molar-refractivity contribution in [2.45, 2.75) is 25.9 Å². The first-order chi connectivity index (χ1) is 8.08. The number of likely N-dealkylation sites (tertiary alicyclic amines) is 1. The van der Waals surface area contributed by atoms with Gasteiger partial charge in [0.1, 0.15) is 5.56 Å². The van der Waals surface area contributed by atoms with Gasteiger partial charge in [0, 0.05) is 31.0 Å². The van der Waals surface area contributed by atoms with Gasteiger partial charge < -0.3 is 15.0 Å². The predicted octanol–water partition coefficient (Wildman–Crippen LogP) is 0.280. The summed E-state index contributed by atoms with van der Waals surface area (Å²) in [5, 5.41) is 9.51. The number of carbonyl (C=O) groups excluding carboxylic acids is 1. The summed E-state index contributed by atoms with van der Waals surface area (Å²) in [4.78, 5) is 28.1. The molecule has 2 heterocycles. The van der Waals surface area contributed by atoms with E-state index < -0.39 is 6.10 Å². The van der Waals surface area contributed by atoms with Gasteiger partial charge in [-0.25, -0.2) is 0 Å². The van der Waals surface area contributed by atoms with Crippen LogP contribution in [-0.4, -0.2) is 40.1 Å². The molecular formula is C12H16N2O3. The lowest BCUT2D eigenvalue weighted by atomic mass is 10.1. The number of piperidine rings is 1. The van der Waals surface area contributed by atoms with Crippen molar-refractivity contribution in [2.75, 3.05) is 13.1 Å². The van der Waals surface area contributed by atoms with Crippen molar-refractivity contribution in [2.24, 2.45) is 0 Å². The number of hydrogen-bond donors (Lipinski definition) is 2. The van der Waals surface area contributed by atoms with Crippen molar-refractivity contribution >= 4 is 5.91 Å². The zero-order chi connectivity index (χ0) is 12.4. The van der Waals surface area contributed by atoms with Gasteiger partial charge >= 0.3 is 0 Å². The fourth-order valence-corrected chi connectivity index (χ4v) is 2.05. The molecule has 0 radical (unpaired) electrons. The molecule has 1 fully saturated rings. The topological polar surface area (TPSA) is 73.4 Å². The second kappa shape index (κ2) is 4.71. The Labute approximate surface area is 99.1 Å². The van der Waals surface area contributed by atoms with Crippen molar-refractivity contribution in [3.63, 3.8) is 0 Å². The summed E-state index contributed by atoms with van der Waals surface area (Å²) in [7, 11) is 0. The summed E-state index contributed by atoms with van der Waals surface area (Å²) >= 11 is 0. The molecule has 2 rings (SSSR count). The van der Waals surface area contributed by atoms with E-state index in [1.807, 2.05) is 0 Å². The first-order valence-electron chi connectivity index (χ1n) is 5.74. The minimum absolute atomic E-state index is 0.143. The van der Waals surface area contributed by atoms with Crippen molar-refractivity contribution in [3.8, 4) is 0 Å². The Morgan fingerprint density at radius 2 is 2.35 bits per heavy atom. The number of amides is 1. The second-order valence-corrected chi connectivity index (χ2v) is 4.44. The van der Waals surface area contributed by atoms with E-state index in [1.54, 1.807) is 6.92 Å². The number of nitrogens with zero attached hydrogens (tertiary/aromatic N) is 1. The molecule has 1 aromatic heterocycles. The van der Waals surface area contributed by atoms with Crippen molar-refractivity contribution in [1.29, 1.82) is 0 Å². The van der Waals surface area contributed by atoms with E-state index in [9.17, 15) is 14.7 Å². The highest BCUT2D eigenvalue weighted by atomic mass is 16.3. The maximum Gasteiger partial charge on any atom is 0.259 e. The SMILES string of the molecule is Cc1cc(=O)c(C(=O)N2CCCC(O)C2)c[nH]1. The number of aliphatic hydroxyl groups is 1. The smallest absolute Gasteiger partial charge is 0.259 e. The zero-order valence-electron chi connectivity index (χ0n) is 9.77. The van der Waals surface area contributed by atoms with Crippen molar-refractivity contribution < 1.29 is 9.90 Å². The molecule has 5 nitrogen and oxygen atoms in total. The Balaban J connectivity index is 2.22. The third-order valence-electron chi connectivity index (χ3n) is 2.97. The fourth-order valence-electron chi connectivity index (χ4n) is 2.05. The highest BCUT2D eigenvalue weighted by Crippen LogP contribution is 2.12. The minimum atomic E-state index is -0.475. The third-order valence-corrected chi connectivity index (χ3v) is 2.97. The number of hydrogen-bond acceptors (Lipinski definition) is 3. The summed E-state index contributed by atoms with van der Waals surface area (Å²) in [6.07, 6.45) is 2.46. The Morgan fingerprint density at radius 3 is 3.00 bits per heavy atom. The van der Waals surface area contributed by atoms with Gasteiger partial charge in [-0.15, -0.1) is 0 Å². The Hall–Kier alpha value is -1.62. The monoisotopic (exact) mass is 236 g/mol. The molecule has 0 spiro atoms. The maximum absolute atomic E-state index is 12.1. The molecule has 1 aliphatic rings. The minimum Gasteiger partial charge on any atom is -0.391 e. The van der Waals surface area contributed by atoms with E-state index in [4.69, 9.17) is 0 Å². The molecule has 1 saturated heterocycles. The zero-order valence-corrected chi connectivity index (χ0v) is 9.77. The second-order valence-electron chi connectivity index (χ2n) is 4.44. The van der Waals surface area contributed by atoms with Crippen LogP contribution < -0.4 is 5.43 Å². The Kier molecular flexibility index (Phi) is 3.28. The molecule has 1 atom stereocenters. The van der Waals surface area contributed by atoms with Crippen LogP contribution in [0.2, 0.25) is 0 Å². The quantitative estimate of drug-likeness (QED) is 0.735. The average Bonchev–Trinajstić information content (AvgIpc) is 2.28. The highest BCUT2D eigenvalue weighted by molar-refractivity contribution is 5.93. The molecule has 0 aromatic carbocycles. The maximum atomic E-state index is 12.1. The predicted molar refractivity (Wildman–Crippen MR) is 62.9 cm³/mol. The lowest BCUT2D eigenvalue weighted by molar-refractivity contribution is 0.0472.